The van der Waals surface area contributed by atoms with Crippen molar-refractivity contribution < 1.29 is 0 Å². The van der Waals surface area contributed by atoms with Gasteiger partial charge in [0.05, 0.1) is 39.0 Å². The van der Waals surface area contributed by atoms with E-state index in [0.717, 1.165) is 77.0 Å². The largest absolute Gasteiger partial charge is 0.308 e. The maximum Gasteiger partial charge on any atom is 0.166 e. The maximum atomic E-state index is 11.8. The average Bonchev–Trinajstić information content (AvgIpc) is 2.08. The number of benzene rings is 7. The van der Waals surface area contributed by atoms with E-state index in [1.54, 1.807) is 0 Å². The number of hydrogen-bond donors (Lipinski definition) is 0. The minimum absolute atomic E-state index is 0.379. The maximum absolute atomic E-state index is 11.8. The van der Waals surface area contributed by atoms with Crippen LogP contribution in [0.25, 0.3) is 135 Å². The number of nitriles is 1. The van der Waals surface area contributed by atoms with Crippen molar-refractivity contribution in [3.63, 3.8) is 0 Å². The van der Waals surface area contributed by atoms with Crippen molar-refractivity contribution in [2.24, 2.45) is 0 Å². The Morgan fingerprint density at radius 3 is 0.869 bits per heavy atom. The van der Waals surface area contributed by atoms with Gasteiger partial charge in [-0.25, -0.2) is 74.8 Å². The lowest BCUT2D eigenvalue weighted by atomic mass is 10.0. The standard InChI is InChI=1S/C66H48N18/c1-34-68-35(2)73-62(72-34)44-19-23-54-49(27-44)50-28-45(63-74-36(3)69-37(4)75-63)20-24-55(50)83(54)58-32-53(66-81-60(42-15-11-9-12-16-42)80-61(82-66)43-17-13-10-14-18-43)59(31-48(58)33-67)84-56-25-21-46(64-76-38(5)70-39(6)77-64)29-51(56)52-30-47(22-26-57(52)84)65-78-40(7)71-41(8)79-65/h9-32H,1-8H3. The first kappa shape index (κ1) is 50.9. The molecule has 14 rings (SSSR count). The van der Waals surface area contributed by atoms with E-state index in [4.69, 9.17) is 54.8 Å². The first-order valence-electron chi connectivity index (χ1n) is 27.2. The van der Waals surface area contributed by atoms with Crippen molar-refractivity contribution in [3.05, 3.63) is 198 Å². The van der Waals surface area contributed by atoms with Gasteiger partial charge in [-0.3, -0.25) is 0 Å². The van der Waals surface area contributed by atoms with Crippen molar-refractivity contribution >= 4 is 43.6 Å². The highest BCUT2D eigenvalue weighted by molar-refractivity contribution is 6.13. The molecule has 0 unspecified atom stereocenters. The SMILES string of the molecule is Cc1nc(C)nc(-c2ccc3c(c2)c2cc(-c4nc(C)nc(C)n4)ccc2n3-c2cc(-c3nc(-c4ccccc4)nc(-c4ccccc4)n3)c(-n3c4ccc(-c5nc(C)nc(C)n5)cc4c4cc(-c5nc(C)nc(C)n5)ccc43)cc2C#N)n1. The highest BCUT2D eigenvalue weighted by Gasteiger charge is 2.26. The van der Waals surface area contributed by atoms with Crippen molar-refractivity contribution in [3.8, 4) is 97.2 Å². The van der Waals surface area contributed by atoms with Crippen molar-refractivity contribution in [1.29, 1.82) is 5.26 Å². The summed E-state index contributed by atoms with van der Waals surface area (Å²) in [6.07, 6.45) is 0. The first-order valence-corrected chi connectivity index (χ1v) is 27.2. The number of nitrogens with zero attached hydrogens (tertiary/aromatic N) is 18. The van der Waals surface area contributed by atoms with E-state index in [2.05, 4.69) is 83.7 Å². The Kier molecular flexibility index (Phi) is 12.1. The fourth-order valence-electron chi connectivity index (χ4n) is 11.2. The molecule has 18 heteroatoms. The van der Waals surface area contributed by atoms with Crippen LogP contribution in [0.5, 0.6) is 0 Å². The fourth-order valence-corrected chi connectivity index (χ4v) is 11.2. The van der Waals surface area contributed by atoms with Crippen LogP contribution in [0, 0.1) is 66.7 Å². The summed E-state index contributed by atoms with van der Waals surface area (Å²) in [4.78, 5) is 72.0. The molecule has 0 aliphatic rings. The lowest BCUT2D eigenvalue weighted by Gasteiger charge is -2.19. The molecule has 84 heavy (non-hydrogen) atoms. The van der Waals surface area contributed by atoms with Gasteiger partial charge in [-0.15, -0.1) is 0 Å². The Morgan fingerprint density at radius 2 is 0.560 bits per heavy atom. The Labute approximate surface area is 480 Å². The van der Waals surface area contributed by atoms with Gasteiger partial charge in [0, 0.05) is 60.5 Å². The molecule has 0 N–H and O–H groups in total. The van der Waals surface area contributed by atoms with Gasteiger partial charge >= 0.3 is 0 Å². The molecule has 0 saturated heterocycles. The van der Waals surface area contributed by atoms with Gasteiger partial charge in [0.1, 0.15) is 52.7 Å². The molecule has 14 aromatic rings. The highest BCUT2D eigenvalue weighted by Crippen LogP contribution is 2.43. The predicted octanol–water partition coefficient (Wildman–Crippen LogP) is 12.8. The van der Waals surface area contributed by atoms with Gasteiger partial charge in [0.25, 0.3) is 0 Å². The van der Waals surface area contributed by atoms with Gasteiger partial charge < -0.3 is 9.13 Å². The quantitative estimate of drug-likeness (QED) is 0.131. The zero-order valence-corrected chi connectivity index (χ0v) is 46.9. The smallest absolute Gasteiger partial charge is 0.166 e. The molecule has 7 aromatic carbocycles. The number of rotatable bonds is 9. The van der Waals surface area contributed by atoms with Crippen molar-refractivity contribution in [2.45, 2.75) is 55.4 Å². The highest BCUT2D eigenvalue weighted by atomic mass is 15.1. The normalized spacial score (nSPS) is 11.6. The van der Waals surface area contributed by atoms with Crippen LogP contribution in [-0.2, 0) is 0 Å². The van der Waals surface area contributed by atoms with E-state index in [0.29, 0.717) is 110 Å². The lowest BCUT2D eigenvalue weighted by molar-refractivity contribution is 0.928. The first-order chi connectivity index (χ1) is 40.8. The Morgan fingerprint density at radius 1 is 0.274 bits per heavy atom. The zero-order chi connectivity index (χ0) is 57.5. The van der Waals surface area contributed by atoms with Crippen LogP contribution < -0.4 is 0 Å². The molecule has 0 amide bonds. The summed E-state index contributed by atoms with van der Waals surface area (Å²) in [6.45, 7) is 14.9. The summed E-state index contributed by atoms with van der Waals surface area (Å²) < 4.78 is 4.32. The second-order valence-corrected chi connectivity index (χ2v) is 20.6. The third kappa shape index (κ3) is 9.05. The molecule has 0 aliphatic heterocycles. The van der Waals surface area contributed by atoms with E-state index in [-0.39, 0.29) is 0 Å². The van der Waals surface area contributed by atoms with E-state index < -0.39 is 0 Å². The summed E-state index contributed by atoms with van der Waals surface area (Å²) in [7, 11) is 0. The van der Waals surface area contributed by atoms with E-state index in [1.807, 2.05) is 152 Å². The molecule has 0 radical (unpaired) electrons. The molecular weight excluding hydrogens is 1040 g/mol. The fraction of sp³-hybridized carbons (Fsp3) is 0.121. The van der Waals surface area contributed by atoms with Crippen LogP contribution in [-0.4, -0.2) is 83.9 Å². The lowest BCUT2D eigenvalue weighted by Crippen LogP contribution is -2.07. The Hall–Kier alpha value is -11.3. The van der Waals surface area contributed by atoms with Crippen LogP contribution in [0.15, 0.2) is 146 Å². The van der Waals surface area contributed by atoms with Gasteiger partial charge in [0.15, 0.2) is 40.8 Å². The van der Waals surface area contributed by atoms with Gasteiger partial charge in [-0.2, -0.15) is 5.26 Å². The summed E-state index contributed by atoms with van der Waals surface area (Å²) in [5.74, 6) is 8.44. The molecule has 0 saturated carbocycles. The third-order valence-corrected chi connectivity index (χ3v) is 14.7. The van der Waals surface area contributed by atoms with Crippen LogP contribution in [0.1, 0.15) is 52.2 Å². The Bertz CT molecular complexity index is 4730. The summed E-state index contributed by atoms with van der Waals surface area (Å²) in [5.41, 5.74) is 10.4. The summed E-state index contributed by atoms with van der Waals surface area (Å²) in [5, 5.41) is 15.3. The minimum Gasteiger partial charge on any atom is -0.308 e. The molecule has 18 nitrogen and oxygen atoms in total. The summed E-state index contributed by atoms with van der Waals surface area (Å²) >= 11 is 0. The molecule has 7 aromatic heterocycles. The summed E-state index contributed by atoms with van der Waals surface area (Å²) in [6, 6.07) is 51.2. The second-order valence-electron chi connectivity index (χ2n) is 20.6. The van der Waals surface area contributed by atoms with E-state index >= 15 is 0 Å². The Balaban J connectivity index is 1.10. The molecule has 0 bridgehead atoms. The number of aryl methyl sites for hydroxylation is 8. The van der Waals surface area contributed by atoms with Crippen molar-refractivity contribution in [2.75, 3.05) is 0 Å². The molecule has 0 aliphatic carbocycles. The van der Waals surface area contributed by atoms with Gasteiger partial charge in [0.2, 0.25) is 0 Å². The van der Waals surface area contributed by atoms with E-state index in [9.17, 15) is 5.26 Å². The molecule has 0 fully saturated rings. The van der Waals surface area contributed by atoms with E-state index in [1.165, 1.54) is 0 Å². The topological polar surface area (TPSA) is 227 Å². The number of aromatic nitrogens is 17. The van der Waals surface area contributed by atoms with Crippen LogP contribution in [0.2, 0.25) is 0 Å². The molecule has 402 valence electrons. The molecule has 7 heterocycles. The minimum atomic E-state index is 0.379. The zero-order valence-electron chi connectivity index (χ0n) is 46.9. The van der Waals surface area contributed by atoms with Crippen LogP contribution >= 0.6 is 0 Å². The predicted molar refractivity (Wildman–Crippen MR) is 323 cm³/mol. The monoisotopic (exact) mass is 1090 g/mol. The van der Waals surface area contributed by atoms with Crippen molar-refractivity contribution in [1.82, 2.24) is 83.9 Å². The third-order valence-electron chi connectivity index (χ3n) is 14.7. The second kappa shape index (κ2) is 20.0. The number of fused-ring (bicyclic) bond motifs is 6. The van der Waals surface area contributed by atoms with Crippen LogP contribution in [0.4, 0.5) is 0 Å². The van der Waals surface area contributed by atoms with Gasteiger partial charge in [-0.1, -0.05) is 60.7 Å². The molecular formula is C66H48N18. The van der Waals surface area contributed by atoms with Crippen LogP contribution in [0.3, 0.4) is 0 Å². The van der Waals surface area contributed by atoms with Gasteiger partial charge in [-0.05, 0) is 140 Å². The molecule has 0 spiro atoms. The number of hydrogen-bond acceptors (Lipinski definition) is 16. The molecule has 0 atom stereocenters. The average molecular weight is 1090 g/mol.